The number of hydrogen-bond acceptors (Lipinski definition) is 2. The maximum absolute atomic E-state index is 12.6. The zero-order chi connectivity index (χ0) is 20.7. The molecule has 0 bridgehead atoms. The number of nitrogens with one attached hydrogen (secondary N) is 1. The predicted octanol–water partition coefficient (Wildman–Crippen LogP) is 7.47. The molecule has 0 fully saturated rings. The molecule has 3 rings (SSSR count). The smallest absolute Gasteiger partial charge is 0.310 e. The van der Waals surface area contributed by atoms with Crippen LogP contribution in [0.15, 0.2) is 71.6 Å². The Morgan fingerprint density at radius 2 is 1.59 bits per heavy atom. The molecule has 0 saturated heterocycles. The van der Waals surface area contributed by atoms with Gasteiger partial charge in [-0.05, 0) is 72.7 Å². The van der Waals surface area contributed by atoms with Gasteiger partial charge in [0.25, 0.3) is 0 Å². The summed E-state index contributed by atoms with van der Waals surface area (Å²) in [5, 5.41) is 6.16. The Labute approximate surface area is 174 Å². The molecule has 154 valence electrons. The molecule has 0 spiro atoms. The van der Waals surface area contributed by atoms with Gasteiger partial charge in [0.15, 0.2) is 0 Å². The van der Waals surface area contributed by atoms with E-state index in [1.807, 2.05) is 0 Å². The molecule has 5 heteroatoms. The van der Waals surface area contributed by atoms with Crippen molar-refractivity contribution in [2.45, 2.75) is 43.3 Å². The van der Waals surface area contributed by atoms with E-state index in [1.165, 1.54) is 16.3 Å². The lowest BCUT2D eigenvalue weighted by Gasteiger charge is -2.16. The first kappa shape index (κ1) is 21.7. The van der Waals surface area contributed by atoms with E-state index in [4.69, 9.17) is 0 Å². The minimum atomic E-state index is -4.26. The van der Waals surface area contributed by atoms with Crippen molar-refractivity contribution in [2.24, 2.45) is 0 Å². The highest BCUT2D eigenvalue weighted by atomic mass is 32.2. The van der Waals surface area contributed by atoms with Gasteiger partial charge in [-0.2, -0.15) is 13.2 Å². The SMILES string of the molecule is C[C@@H](NCCCCCSc1ccc(C(F)(F)F)cc1)c1cccc2ccccc12. The molecule has 0 aliphatic heterocycles. The van der Waals surface area contributed by atoms with Crippen LogP contribution < -0.4 is 5.32 Å². The fourth-order valence-corrected chi connectivity index (χ4v) is 4.30. The van der Waals surface area contributed by atoms with Gasteiger partial charge in [-0.25, -0.2) is 0 Å². The van der Waals surface area contributed by atoms with Gasteiger partial charge in [-0.1, -0.05) is 48.9 Å². The quantitative estimate of drug-likeness (QED) is 0.286. The Morgan fingerprint density at radius 3 is 2.34 bits per heavy atom. The molecule has 0 saturated carbocycles. The van der Waals surface area contributed by atoms with E-state index in [9.17, 15) is 13.2 Å². The normalized spacial score (nSPS) is 13.0. The van der Waals surface area contributed by atoms with Gasteiger partial charge in [0.05, 0.1) is 5.56 Å². The van der Waals surface area contributed by atoms with Crippen molar-refractivity contribution in [1.29, 1.82) is 0 Å². The van der Waals surface area contributed by atoms with Crippen molar-refractivity contribution in [1.82, 2.24) is 5.32 Å². The lowest BCUT2D eigenvalue weighted by atomic mass is 9.99. The zero-order valence-electron chi connectivity index (χ0n) is 16.5. The largest absolute Gasteiger partial charge is 0.416 e. The predicted molar refractivity (Wildman–Crippen MR) is 116 cm³/mol. The molecule has 0 aliphatic rings. The number of alkyl halides is 3. The van der Waals surface area contributed by atoms with Crippen LogP contribution in [0.2, 0.25) is 0 Å². The fraction of sp³-hybridized carbons (Fsp3) is 0.333. The van der Waals surface area contributed by atoms with Crippen molar-refractivity contribution in [3.05, 3.63) is 77.9 Å². The molecule has 1 N–H and O–H groups in total. The van der Waals surface area contributed by atoms with Crippen LogP contribution in [0.4, 0.5) is 13.2 Å². The first-order chi connectivity index (χ1) is 13.9. The van der Waals surface area contributed by atoms with Gasteiger partial charge in [0.2, 0.25) is 0 Å². The average Bonchev–Trinajstić information content (AvgIpc) is 2.72. The summed E-state index contributed by atoms with van der Waals surface area (Å²) in [6.07, 6.45) is -1.03. The van der Waals surface area contributed by atoms with Gasteiger partial charge in [0.1, 0.15) is 0 Å². The molecule has 0 amide bonds. The molecule has 0 radical (unpaired) electrons. The summed E-state index contributed by atoms with van der Waals surface area (Å²) in [5.41, 5.74) is 0.731. The second-order valence-electron chi connectivity index (χ2n) is 7.18. The molecular formula is C24H26F3NS. The summed E-state index contributed by atoms with van der Waals surface area (Å²) in [4.78, 5) is 0.890. The van der Waals surface area contributed by atoms with Crippen LogP contribution in [0.25, 0.3) is 10.8 Å². The third-order valence-electron chi connectivity index (χ3n) is 5.01. The van der Waals surface area contributed by atoms with Crippen molar-refractivity contribution in [3.63, 3.8) is 0 Å². The second kappa shape index (κ2) is 10.2. The Morgan fingerprint density at radius 1 is 0.862 bits per heavy atom. The highest BCUT2D eigenvalue weighted by Crippen LogP contribution is 2.31. The Balaban J connectivity index is 1.35. The van der Waals surface area contributed by atoms with Crippen LogP contribution >= 0.6 is 11.8 Å². The third-order valence-corrected chi connectivity index (χ3v) is 6.11. The van der Waals surface area contributed by atoms with Crippen LogP contribution in [-0.4, -0.2) is 12.3 Å². The van der Waals surface area contributed by atoms with Gasteiger partial charge >= 0.3 is 6.18 Å². The molecule has 0 aliphatic carbocycles. The zero-order valence-corrected chi connectivity index (χ0v) is 17.3. The van der Waals surface area contributed by atoms with Crippen molar-refractivity contribution >= 4 is 22.5 Å². The van der Waals surface area contributed by atoms with E-state index in [1.54, 1.807) is 23.9 Å². The van der Waals surface area contributed by atoms with Crippen LogP contribution in [0, 0.1) is 0 Å². The molecule has 0 heterocycles. The monoisotopic (exact) mass is 417 g/mol. The van der Waals surface area contributed by atoms with E-state index in [-0.39, 0.29) is 0 Å². The standard InChI is InChI=1S/C24H26F3NS/c1-18(22-11-7-9-19-8-3-4-10-23(19)22)28-16-5-2-6-17-29-21-14-12-20(13-15-21)24(25,26)27/h3-4,7-15,18,28H,2,5-6,16-17H2,1H3/t18-/m1/s1. The number of benzene rings is 3. The Hall–Kier alpha value is -1.98. The third kappa shape index (κ3) is 6.25. The molecule has 3 aromatic rings. The van der Waals surface area contributed by atoms with Crippen LogP contribution in [-0.2, 0) is 6.18 Å². The van der Waals surface area contributed by atoms with Gasteiger partial charge < -0.3 is 5.32 Å². The first-order valence-corrected chi connectivity index (χ1v) is 10.9. The summed E-state index contributed by atoms with van der Waals surface area (Å²) in [6.45, 7) is 3.15. The topological polar surface area (TPSA) is 12.0 Å². The lowest BCUT2D eigenvalue weighted by Crippen LogP contribution is -2.20. The first-order valence-electron chi connectivity index (χ1n) is 9.96. The van der Waals surface area contributed by atoms with Crippen LogP contribution in [0.1, 0.15) is 43.4 Å². The molecule has 1 atom stereocenters. The molecule has 0 aromatic heterocycles. The number of fused-ring (bicyclic) bond motifs is 1. The molecule has 29 heavy (non-hydrogen) atoms. The maximum Gasteiger partial charge on any atom is 0.416 e. The maximum atomic E-state index is 12.6. The van der Waals surface area contributed by atoms with E-state index in [2.05, 4.69) is 54.7 Å². The Kier molecular flexibility index (Phi) is 7.62. The van der Waals surface area contributed by atoms with Crippen LogP contribution in [0.5, 0.6) is 0 Å². The van der Waals surface area contributed by atoms with Gasteiger partial charge in [-0.15, -0.1) is 11.8 Å². The molecule has 3 aromatic carbocycles. The minimum absolute atomic E-state index is 0.294. The van der Waals surface area contributed by atoms with Crippen molar-refractivity contribution in [2.75, 3.05) is 12.3 Å². The highest BCUT2D eigenvalue weighted by Gasteiger charge is 2.29. The molecular weight excluding hydrogens is 391 g/mol. The van der Waals surface area contributed by atoms with Crippen molar-refractivity contribution in [3.8, 4) is 0 Å². The van der Waals surface area contributed by atoms with Gasteiger partial charge in [0, 0.05) is 10.9 Å². The van der Waals surface area contributed by atoms with Gasteiger partial charge in [-0.3, -0.25) is 0 Å². The van der Waals surface area contributed by atoms with Crippen LogP contribution in [0.3, 0.4) is 0 Å². The summed E-state index contributed by atoms with van der Waals surface area (Å²) in [7, 11) is 0. The van der Waals surface area contributed by atoms with Crippen molar-refractivity contribution < 1.29 is 13.2 Å². The number of halogens is 3. The average molecular weight is 418 g/mol. The number of rotatable bonds is 9. The second-order valence-corrected chi connectivity index (χ2v) is 8.34. The summed E-state index contributed by atoms with van der Waals surface area (Å²) in [5.74, 6) is 0.921. The molecule has 1 nitrogen and oxygen atoms in total. The van der Waals surface area contributed by atoms with E-state index in [0.717, 1.165) is 48.6 Å². The summed E-state index contributed by atoms with van der Waals surface area (Å²) in [6, 6.07) is 20.6. The summed E-state index contributed by atoms with van der Waals surface area (Å²) >= 11 is 1.61. The number of unbranched alkanes of at least 4 members (excludes halogenated alkanes) is 2. The number of thioether (sulfide) groups is 1. The number of hydrogen-bond donors (Lipinski definition) is 1. The van der Waals surface area contributed by atoms with E-state index < -0.39 is 11.7 Å². The Bertz CT molecular complexity index is 901. The highest BCUT2D eigenvalue weighted by molar-refractivity contribution is 7.99. The van der Waals surface area contributed by atoms with E-state index in [0.29, 0.717) is 6.04 Å². The van der Waals surface area contributed by atoms with E-state index >= 15 is 0 Å². The fourth-order valence-electron chi connectivity index (χ4n) is 3.39. The lowest BCUT2D eigenvalue weighted by molar-refractivity contribution is -0.137. The summed E-state index contributed by atoms with van der Waals surface area (Å²) < 4.78 is 37.7. The minimum Gasteiger partial charge on any atom is -0.310 e. The molecule has 0 unspecified atom stereocenters.